The summed E-state index contributed by atoms with van der Waals surface area (Å²) in [5.74, 6) is 1.30. The molecule has 0 saturated carbocycles. The van der Waals surface area contributed by atoms with Gasteiger partial charge < -0.3 is 29.9 Å². The summed E-state index contributed by atoms with van der Waals surface area (Å²) >= 11 is 0. The maximum atomic E-state index is 10.3. The third-order valence-corrected chi connectivity index (χ3v) is 4.99. The molecule has 1 aromatic carbocycles. The lowest BCUT2D eigenvalue weighted by Gasteiger charge is -2.42. The van der Waals surface area contributed by atoms with Crippen molar-refractivity contribution < 1.29 is 29.9 Å². The molecule has 1 aliphatic heterocycles. The zero-order valence-electron chi connectivity index (χ0n) is 16.4. The van der Waals surface area contributed by atoms with E-state index in [1.165, 1.54) is 0 Å². The Hall–Kier alpha value is -1.22. The molecular formula is C20H33NO6. The van der Waals surface area contributed by atoms with E-state index >= 15 is 0 Å². The SMILES string of the molecule is COc1cccc(CN(CCC(C)C)C[C@@H]2O[C@H](CO)[C@@H](O)[C@H](O)[C@@H]2O)c1. The average molecular weight is 383 g/mol. The van der Waals surface area contributed by atoms with Gasteiger partial charge in [-0.25, -0.2) is 0 Å². The van der Waals surface area contributed by atoms with Crippen LogP contribution in [0.1, 0.15) is 25.8 Å². The van der Waals surface area contributed by atoms with Gasteiger partial charge in [-0.15, -0.1) is 0 Å². The number of aliphatic hydroxyl groups is 4. The first-order chi connectivity index (χ1) is 12.8. The van der Waals surface area contributed by atoms with E-state index in [0.717, 1.165) is 24.3 Å². The highest BCUT2D eigenvalue weighted by molar-refractivity contribution is 5.28. The minimum Gasteiger partial charge on any atom is -0.497 e. The number of hydrogen-bond acceptors (Lipinski definition) is 7. The van der Waals surface area contributed by atoms with Gasteiger partial charge in [0.25, 0.3) is 0 Å². The molecule has 1 aliphatic rings. The first-order valence-electron chi connectivity index (χ1n) is 9.51. The molecule has 1 aromatic rings. The fourth-order valence-corrected chi connectivity index (χ4v) is 3.29. The van der Waals surface area contributed by atoms with Crippen LogP contribution in [0.4, 0.5) is 0 Å². The second kappa shape index (κ2) is 10.4. The highest BCUT2D eigenvalue weighted by Gasteiger charge is 2.43. The number of aliphatic hydroxyl groups excluding tert-OH is 4. The first kappa shape index (κ1) is 22.1. The second-order valence-electron chi connectivity index (χ2n) is 7.64. The summed E-state index contributed by atoms with van der Waals surface area (Å²) in [4.78, 5) is 2.15. The van der Waals surface area contributed by atoms with Crippen LogP contribution < -0.4 is 4.74 Å². The van der Waals surface area contributed by atoms with Crippen LogP contribution in [0, 0.1) is 5.92 Å². The predicted octanol–water partition coefficient (Wildman–Crippen LogP) is 0.386. The van der Waals surface area contributed by atoms with Gasteiger partial charge in [0, 0.05) is 13.1 Å². The predicted molar refractivity (Wildman–Crippen MR) is 101 cm³/mol. The van der Waals surface area contributed by atoms with Gasteiger partial charge in [0.1, 0.15) is 30.2 Å². The van der Waals surface area contributed by atoms with Crippen molar-refractivity contribution >= 4 is 0 Å². The maximum absolute atomic E-state index is 10.3. The van der Waals surface area contributed by atoms with Crippen LogP contribution in [0.5, 0.6) is 5.75 Å². The van der Waals surface area contributed by atoms with Gasteiger partial charge in [0.15, 0.2) is 0 Å². The average Bonchev–Trinajstić information content (AvgIpc) is 2.66. The molecule has 4 N–H and O–H groups in total. The summed E-state index contributed by atoms with van der Waals surface area (Å²) < 4.78 is 11.0. The number of ether oxygens (including phenoxy) is 2. The van der Waals surface area contributed by atoms with Crippen LogP contribution in [0.2, 0.25) is 0 Å². The van der Waals surface area contributed by atoms with Crippen LogP contribution in [0.15, 0.2) is 24.3 Å². The van der Waals surface area contributed by atoms with Gasteiger partial charge in [-0.1, -0.05) is 26.0 Å². The van der Waals surface area contributed by atoms with Crippen molar-refractivity contribution in [2.75, 3.05) is 26.8 Å². The molecule has 0 unspecified atom stereocenters. The van der Waals surface area contributed by atoms with Crippen molar-refractivity contribution in [1.82, 2.24) is 4.90 Å². The van der Waals surface area contributed by atoms with E-state index in [2.05, 4.69) is 18.7 Å². The standard InChI is InChI=1S/C20H33NO6/c1-13(2)7-8-21(10-14-5-4-6-15(9-14)26-3)11-16-18(23)20(25)19(24)17(12-22)27-16/h4-6,9,13,16-20,22-25H,7-8,10-12H2,1-3H3/t16-,17+,18+,19+,20+/m0/s1. The fraction of sp³-hybridized carbons (Fsp3) is 0.700. The fourth-order valence-electron chi connectivity index (χ4n) is 3.29. The summed E-state index contributed by atoms with van der Waals surface area (Å²) in [6.07, 6.45) is -4.49. The molecule has 0 amide bonds. The van der Waals surface area contributed by atoms with Gasteiger partial charge in [0.2, 0.25) is 0 Å². The van der Waals surface area contributed by atoms with Gasteiger partial charge >= 0.3 is 0 Å². The highest BCUT2D eigenvalue weighted by atomic mass is 16.5. The molecule has 1 heterocycles. The van der Waals surface area contributed by atoms with Crippen LogP contribution >= 0.6 is 0 Å². The lowest BCUT2D eigenvalue weighted by Crippen LogP contribution is -2.60. The van der Waals surface area contributed by atoms with E-state index in [9.17, 15) is 20.4 Å². The lowest BCUT2D eigenvalue weighted by atomic mass is 9.94. The van der Waals surface area contributed by atoms with E-state index in [0.29, 0.717) is 19.0 Å². The van der Waals surface area contributed by atoms with E-state index in [1.807, 2.05) is 24.3 Å². The molecule has 2 rings (SSSR count). The third kappa shape index (κ3) is 6.14. The molecule has 0 spiro atoms. The monoisotopic (exact) mass is 383 g/mol. The van der Waals surface area contributed by atoms with Crippen molar-refractivity contribution in [3.63, 3.8) is 0 Å². The molecule has 7 heteroatoms. The third-order valence-electron chi connectivity index (χ3n) is 4.99. The smallest absolute Gasteiger partial charge is 0.119 e. The van der Waals surface area contributed by atoms with Crippen molar-refractivity contribution in [1.29, 1.82) is 0 Å². The number of rotatable bonds is 9. The highest BCUT2D eigenvalue weighted by Crippen LogP contribution is 2.23. The quantitative estimate of drug-likeness (QED) is 0.489. The molecule has 1 fully saturated rings. The molecule has 154 valence electrons. The molecule has 0 aromatic heterocycles. The van der Waals surface area contributed by atoms with E-state index in [1.54, 1.807) is 7.11 Å². The Kier molecular flexibility index (Phi) is 8.47. The summed E-state index contributed by atoms with van der Waals surface area (Å²) in [5.41, 5.74) is 1.07. The van der Waals surface area contributed by atoms with Gasteiger partial charge in [0.05, 0.1) is 19.8 Å². The summed E-state index contributed by atoms with van der Waals surface area (Å²) in [6.45, 7) is 5.70. The van der Waals surface area contributed by atoms with Gasteiger partial charge in [-0.2, -0.15) is 0 Å². The van der Waals surface area contributed by atoms with Crippen molar-refractivity contribution in [2.45, 2.75) is 57.3 Å². The van der Waals surface area contributed by atoms with Crippen LogP contribution in [-0.4, -0.2) is 82.7 Å². The topological polar surface area (TPSA) is 103 Å². The lowest BCUT2D eigenvalue weighted by molar-refractivity contribution is -0.232. The van der Waals surface area contributed by atoms with Crippen molar-refractivity contribution in [3.8, 4) is 5.75 Å². The summed E-state index contributed by atoms with van der Waals surface area (Å²) in [5, 5.41) is 39.7. The molecule has 1 saturated heterocycles. The van der Waals surface area contributed by atoms with Gasteiger partial charge in [-0.3, -0.25) is 4.90 Å². The molecular weight excluding hydrogens is 350 g/mol. The molecule has 0 radical (unpaired) electrons. The largest absolute Gasteiger partial charge is 0.497 e. The zero-order chi connectivity index (χ0) is 20.0. The minimum absolute atomic E-state index is 0.380. The van der Waals surface area contributed by atoms with E-state index in [4.69, 9.17) is 9.47 Å². The van der Waals surface area contributed by atoms with Crippen molar-refractivity contribution in [2.24, 2.45) is 5.92 Å². The Balaban J connectivity index is 2.10. The molecule has 0 bridgehead atoms. The first-order valence-corrected chi connectivity index (χ1v) is 9.51. The Morgan fingerprint density at radius 3 is 2.44 bits per heavy atom. The molecule has 27 heavy (non-hydrogen) atoms. The van der Waals surface area contributed by atoms with Crippen LogP contribution in [0.3, 0.4) is 0 Å². The van der Waals surface area contributed by atoms with Crippen LogP contribution in [0.25, 0.3) is 0 Å². The minimum atomic E-state index is -1.34. The molecule has 0 aliphatic carbocycles. The Bertz CT molecular complexity index is 567. The normalized spacial score (nSPS) is 28.7. The number of hydrogen-bond donors (Lipinski definition) is 4. The second-order valence-corrected chi connectivity index (χ2v) is 7.64. The van der Waals surface area contributed by atoms with Crippen LogP contribution in [-0.2, 0) is 11.3 Å². The number of methoxy groups -OCH3 is 1. The Labute approximate surface area is 161 Å². The molecule has 7 nitrogen and oxygen atoms in total. The van der Waals surface area contributed by atoms with Crippen molar-refractivity contribution in [3.05, 3.63) is 29.8 Å². The molecule has 5 atom stereocenters. The Morgan fingerprint density at radius 1 is 1.11 bits per heavy atom. The zero-order valence-corrected chi connectivity index (χ0v) is 16.4. The van der Waals surface area contributed by atoms with E-state index < -0.39 is 37.1 Å². The number of nitrogens with zero attached hydrogens (tertiary/aromatic N) is 1. The van der Waals surface area contributed by atoms with Gasteiger partial charge in [-0.05, 0) is 36.6 Å². The maximum Gasteiger partial charge on any atom is 0.119 e. The Morgan fingerprint density at radius 2 is 1.81 bits per heavy atom. The van der Waals surface area contributed by atoms with E-state index in [-0.39, 0.29) is 0 Å². The summed E-state index contributed by atoms with van der Waals surface area (Å²) in [6, 6.07) is 7.80. The summed E-state index contributed by atoms with van der Waals surface area (Å²) in [7, 11) is 1.63. The number of benzene rings is 1.